The monoisotopic (exact) mass is 395 g/mol. The highest BCUT2D eigenvalue weighted by molar-refractivity contribution is 5.95. The molecule has 0 radical (unpaired) electrons. The quantitative estimate of drug-likeness (QED) is 0.469. The maximum absolute atomic E-state index is 12.4. The molecule has 0 saturated carbocycles. The summed E-state index contributed by atoms with van der Waals surface area (Å²) in [4.78, 5) is 42.1. The van der Waals surface area contributed by atoms with E-state index in [9.17, 15) is 19.7 Å². The average molecular weight is 395 g/mol. The number of nitro groups is 1. The van der Waals surface area contributed by atoms with Crippen LogP contribution in [-0.2, 0) is 4.79 Å². The molecule has 150 valence electrons. The first-order chi connectivity index (χ1) is 14.0. The number of carbonyl (C=O) groups is 2. The molecule has 9 nitrogen and oxygen atoms in total. The number of rotatable bonds is 5. The molecular weight excluding hydrogens is 374 g/mol. The Hall–Kier alpha value is -3.75. The molecular formula is C20H21N5O4. The van der Waals surface area contributed by atoms with E-state index in [1.54, 1.807) is 48.4 Å². The highest BCUT2D eigenvalue weighted by Gasteiger charge is 2.21. The Morgan fingerprint density at radius 3 is 2.34 bits per heavy atom. The van der Waals surface area contributed by atoms with Gasteiger partial charge in [0.05, 0.1) is 4.92 Å². The van der Waals surface area contributed by atoms with E-state index in [0.717, 1.165) is 5.56 Å². The minimum atomic E-state index is -0.480. The second kappa shape index (κ2) is 8.96. The van der Waals surface area contributed by atoms with E-state index in [1.807, 2.05) is 4.90 Å². The summed E-state index contributed by atoms with van der Waals surface area (Å²) in [6, 6.07) is 10.0. The maximum Gasteiger partial charge on any atom is 0.287 e. The van der Waals surface area contributed by atoms with Crippen molar-refractivity contribution >= 4 is 29.4 Å². The average Bonchev–Trinajstić information content (AvgIpc) is 2.77. The third-order valence-electron chi connectivity index (χ3n) is 4.68. The minimum Gasteiger partial charge on any atom is -0.355 e. The molecule has 9 heteroatoms. The van der Waals surface area contributed by atoms with Crippen molar-refractivity contribution < 1.29 is 14.5 Å². The predicted molar refractivity (Wildman–Crippen MR) is 109 cm³/mol. The molecule has 0 aliphatic carbocycles. The molecule has 1 saturated heterocycles. The highest BCUT2D eigenvalue weighted by atomic mass is 16.6. The lowest BCUT2D eigenvalue weighted by atomic mass is 10.1. The van der Waals surface area contributed by atoms with Gasteiger partial charge in [0.2, 0.25) is 5.91 Å². The molecule has 0 unspecified atom stereocenters. The van der Waals surface area contributed by atoms with Crippen molar-refractivity contribution in [1.29, 1.82) is 0 Å². The molecule has 1 fully saturated rings. The Bertz CT molecular complexity index is 917. The lowest BCUT2D eigenvalue weighted by Gasteiger charge is -2.34. The van der Waals surface area contributed by atoms with E-state index in [-0.39, 0.29) is 17.5 Å². The van der Waals surface area contributed by atoms with Gasteiger partial charge in [0.15, 0.2) is 0 Å². The lowest BCUT2D eigenvalue weighted by molar-refractivity contribution is -0.385. The summed E-state index contributed by atoms with van der Waals surface area (Å²) in [6.07, 6.45) is 4.49. The van der Waals surface area contributed by atoms with Gasteiger partial charge in [0, 0.05) is 50.9 Å². The number of nitrogens with one attached hydrogen (secondary N) is 1. The van der Waals surface area contributed by atoms with E-state index in [4.69, 9.17) is 0 Å². The van der Waals surface area contributed by atoms with Gasteiger partial charge in [-0.15, -0.1) is 0 Å². The Kier molecular flexibility index (Phi) is 6.18. The lowest BCUT2D eigenvalue weighted by Crippen LogP contribution is -2.48. The van der Waals surface area contributed by atoms with Crippen molar-refractivity contribution in [2.24, 2.45) is 0 Å². The van der Waals surface area contributed by atoms with Crippen molar-refractivity contribution in [1.82, 2.24) is 15.2 Å². The third kappa shape index (κ3) is 4.95. The summed E-state index contributed by atoms with van der Waals surface area (Å²) in [5, 5.41) is 13.3. The number of benzene rings is 1. The maximum atomic E-state index is 12.4. The van der Waals surface area contributed by atoms with Crippen LogP contribution in [-0.4, -0.2) is 59.8 Å². The van der Waals surface area contributed by atoms with E-state index in [2.05, 4.69) is 10.3 Å². The normalized spacial score (nSPS) is 14.1. The van der Waals surface area contributed by atoms with Crippen LogP contribution in [0.1, 0.15) is 15.9 Å². The summed E-state index contributed by atoms with van der Waals surface area (Å²) < 4.78 is 0. The van der Waals surface area contributed by atoms with Crippen molar-refractivity contribution in [3.05, 3.63) is 69.9 Å². The SMILES string of the molecule is CNC(=O)c1ccc(/C=C/C(=O)N2CCN(c3ccc([N+](=O)[O-])cn3)CC2)cc1. The van der Waals surface area contributed by atoms with Crippen LogP contribution < -0.4 is 10.2 Å². The van der Waals surface area contributed by atoms with Gasteiger partial charge in [-0.25, -0.2) is 4.98 Å². The molecule has 2 aromatic rings. The Morgan fingerprint density at radius 1 is 1.10 bits per heavy atom. The summed E-state index contributed by atoms with van der Waals surface area (Å²) in [5.74, 6) is 0.420. The van der Waals surface area contributed by atoms with Gasteiger partial charge in [0.1, 0.15) is 12.0 Å². The molecule has 3 rings (SSSR count). The molecule has 1 aromatic carbocycles. The number of nitrogens with zero attached hydrogens (tertiary/aromatic N) is 4. The van der Waals surface area contributed by atoms with Gasteiger partial charge < -0.3 is 15.1 Å². The van der Waals surface area contributed by atoms with Gasteiger partial charge in [-0.1, -0.05) is 12.1 Å². The van der Waals surface area contributed by atoms with Crippen molar-refractivity contribution in [3.63, 3.8) is 0 Å². The number of hydrogen-bond acceptors (Lipinski definition) is 6. The van der Waals surface area contributed by atoms with E-state index < -0.39 is 4.92 Å². The zero-order chi connectivity index (χ0) is 20.8. The molecule has 2 heterocycles. The number of pyridine rings is 1. The highest BCUT2D eigenvalue weighted by Crippen LogP contribution is 2.17. The van der Waals surface area contributed by atoms with Crippen LogP contribution in [0.3, 0.4) is 0 Å². The Morgan fingerprint density at radius 2 is 1.79 bits per heavy atom. The first-order valence-electron chi connectivity index (χ1n) is 9.12. The van der Waals surface area contributed by atoms with Gasteiger partial charge in [-0.05, 0) is 29.8 Å². The zero-order valence-corrected chi connectivity index (χ0v) is 15.9. The van der Waals surface area contributed by atoms with Gasteiger partial charge in [0.25, 0.3) is 11.6 Å². The molecule has 0 bridgehead atoms. The molecule has 1 aliphatic heterocycles. The van der Waals surface area contributed by atoms with Crippen LogP contribution >= 0.6 is 0 Å². The summed E-state index contributed by atoms with van der Waals surface area (Å²) >= 11 is 0. The van der Waals surface area contributed by atoms with Crippen LogP contribution in [0, 0.1) is 10.1 Å². The molecule has 2 amide bonds. The van der Waals surface area contributed by atoms with Crippen molar-refractivity contribution in [2.45, 2.75) is 0 Å². The van der Waals surface area contributed by atoms with Crippen LogP contribution in [0.5, 0.6) is 0 Å². The fourth-order valence-electron chi connectivity index (χ4n) is 2.99. The molecule has 0 spiro atoms. The van der Waals surface area contributed by atoms with Gasteiger partial charge >= 0.3 is 0 Å². The largest absolute Gasteiger partial charge is 0.355 e. The smallest absolute Gasteiger partial charge is 0.287 e. The molecule has 1 N–H and O–H groups in total. The second-order valence-corrected chi connectivity index (χ2v) is 6.48. The molecule has 1 aromatic heterocycles. The number of carbonyl (C=O) groups excluding carboxylic acids is 2. The Labute approximate surface area is 167 Å². The first-order valence-corrected chi connectivity index (χ1v) is 9.12. The Balaban J connectivity index is 1.53. The van der Waals surface area contributed by atoms with Crippen LogP contribution in [0.2, 0.25) is 0 Å². The van der Waals surface area contributed by atoms with E-state index in [1.165, 1.54) is 18.3 Å². The van der Waals surface area contributed by atoms with Gasteiger partial charge in [-0.2, -0.15) is 0 Å². The second-order valence-electron chi connectivity index (χ2n) is 6.48. The predicted octanol–water partition coefficient (Wildman–Crippen LogP) is 1.71. The zero-order valence-electron chi connectivity index (χ0n) is 15.9. The van der Waals surface area contributed by atoms with Gasteiger partial charge in [-0.3, -0.25) is 19.7 Å². The summed E-state index contributed by atoms with van der Waals surface area (Å²) in [6.45, 7) is 2.28. The van der Waals surface area contributed by atoms with Crippen molar-refractivity contribution in [2.75, 3.05) is 38.1 Å². The number of piperazine rings is 1. The van der Waals surface area contributed by atoms with E-state index >= 15 is 0 Å². The summed E-state index contributed by atoms with van der Waals surface area (Å²) in [5.41, 5.74) is 1.35. The minimum absolute atomic E-state index is 0.0453. The fourth-order valence-corrected chi connectivity index (χ4v) is 2.99. The van der Waals surface area contributed by atoms with Crippen LogP contribution in [0.4, 0.5) is 11.5 Å². The van der Waals surface area contributed by atoms with Crippen LogP contribution in [0.25, 0.3) is 6.08 Å². The molecule has 0 atom stereocenters. The summed E-state index contributed by atoms with van der Waals surface area (Å²) in [7, 11) is 1.58. The number of anilines is 1. The first kappa shape index (κ1) is 20.0. The number of amides is 2. The topological polar surface area (TPSA) is 109 Å². The molecule has 29 heavy (non-hydrogen) atoms. The standard InChI is InChI=1S/C20H21N5O4/c1-21-20(27)16-5-2-15(3-6-16)4-9-19(26)24-12-10-23(11-13-24)18-8-7-17(14-22-18)25(28)29/h2-9,14H,10-13H2,1H3,(H,21,27)/b9-4+. The van der Waals surface area contributed by atoms with Crippen LogP contribution in [0.15, 0.2) is 48.7 Å². The van der Waals surface area contributed by atoms with Crippen molar-refractivity contribution in [3.8, 4) is 0 Å². The fraction of sp³-hybridized carbons (Fsp3) is 0.250. The molecule has 1 aliphatic rings. The van der Waals surface area contributed by atoms with E-state index in [0.29, 0.717) is 37.6 Å². The third-order valence-corrected chi connectivity index (χ3v) is 4.68. The number of aromatic nitrogens is 1. The number of hydrogen-bond donors (Lipinski definition) is 1.